The number of rotatable bonds is 6. The maximum atomic E-state index is 11.8. The van der Waals surface area contributed by atoms with Gasteiger partial charge in [-0.05, 0) is 42.9 Å². The maximum absolute atomic E-state index is 11.8. The van der Waals surface area contributed by atoms with E-state index in [0.29, 0.717) is 12.5 Å². The summed E-state index contributed by atoms with van der Waals surface area (Å²) in [5, 5.41) is 11.7. The number of nitrogens with one attached hydrogen (secondary N) is 1. The Morgan fingerprint density at radius 1 is 1.32 bits per heavy atom. The first-order valence-electron chi connectivity index (χ1n) is 6.68. The fourth-order valence-electron chi connectivity index (χ4n) is 2.12. The molecule has 0 heterocycles. The van der Waals surface area contributed by atoms with Crippen LogP contribution < -0.4 is 5.32 Å². The van der Waals surface area contributed by atoms with Gasteiger partial charge in [0.05, 0.1) is 5.56 Å². The minimum atomic E-state index is -0.918. The van der Waals surface area contributed by atoms with Gasteiger partial charge in [-0.25, -0.2) is 4.79 Å². The highest BCUT2D eigenvalue weighted by molar-refractivity contribution is 5.87. The molecule has 0 bridgehead atoms. The van der Waals surface area contributed by atoms with Gasteiger partial charge in [0.1, 0.15) is 0 Å². The summed E-state index contributed by atoms with van der Waals surface area (Å²) < 4.78 is 0. The van der Waals surface area contributed by atoms with Gasteiger partial charge in [0, 0.05) is 12.5 Å². The SMILES string of the molecule is CC(C(=O)NCCc1ccc(C(=O)O)cc1)C1CC1. The van der Waals surface area contributed by atoms with E-state index in [2.05, 4.69) is 5.32 Å². The maximum Gasteiger partial charge on any atom is 0.335 e. The van der Waals surface area contributed by atoms with E-state index >= 15 is 0 Å². The summed E-state index contributed by atoms with van der Waals surface area (Å²) in [4.78, 5) is 22.5. The van der Waals surface area contributed by atoms with Crippen molar-refractivity contribution in [3.05, 3.63) is 35.4 Å². The van der Waals surface area contributed by atoms with Crippen molar-refractivity contribution in [1.29, 1.82) is 0 Å². The van der Waals surface area contributed by atoms with E-state index in [9.17, 15) is 9.59 Å². The third kappa shape index (κ3) is 3.81. The van der Waals surface area contributed by atoms with Gasteiger partial charge in [-0.15, -0.1) is 0 Å². The zero-order chi connectivity index (χ0) is 13.8. The Morgan fingerprint density at radius 3 is 2.47 bits per heavy atom. The second-order valence-corrected chi connectivity index (χ2v) is 5.17. The molecule has 1 atom stereocenters. The van der Waals surface area contributed by atoms with Crippen LogP contribution in [0.15, 0.2) is 24.3 Å². The minimum Gasteiger partial charge on any atom is -0.478 e. The van der Waals surface area contributed by atoms with Crippen LogP contribution in [0.2, 0.25) is 0 Å². The summed E-state index contributed by atoms with van der Waals surface area (Å²) in [6, 6.07) is 6.76. The molecule has 1 amide bonds. The first-order chi connectivity index (χ1) is 9.08. The van der Waals surface area contributed by atoms with Crippen LogP contribution >= 0.6 is 0 Å². The molecule has 0 saturated heterocycles. The molecule has 2 N–H and O–H groups in total. The minimum absolute atomic E-state index is 0.120. The lowest BCUT2D eigenvalue weighted by Crippen LogP contribution is -2.31. The highest BCUT2D eigenvalue weighted by Gasteiger charge is 2.32. The lowest BCUT2D eigenvalue weighted by molar-refractivity contribution is -0.125. The molecule has 1 aromatic carbocycles. The molecule has 2 rings (SSSR count). The highest BCUT2D eigenvalue weighted by atomic mass is 16.4. The van der Waals surface area contributed by atoms with Crippen LogP contribution in [0.5, 0.6) is 0 Å². The zero-order valence-electron chi connectivity index (χ0n) is 11.1. The van der Waals surface area contributed by atoms with Crippen molar-refractivity contribution in [1.82, 2.24) is 5.32 Å². The summed E-state index contributed by atoms with van der Waals surface area (Å²) >= 11 is 0. The van der Waals surface area contributed by atoms with E-state index in [1.165, 1.54) is 12.8 Å². The fraction of sp³-hybridized carbons (Fsp3) is 0.467. The van der Waals surface area contributed by atoms with Crippen molar-refractivity contribution < 1.29 is 14.7 Å². The normalized spacial score (nSPS) is 15.8. The Hall–Kier alpha value is -1.84. The lowest BCUT2D eigenvalue weighted by atomic mass is 10.1. The molecule has 0 spiro atoms. The molecule has 1 fully saturated rings. The average molecular weight is 261 g/mol. The van der Waals surface area contributed by atoms with Crippen LogP contribution in [0.25, 0.3) is 0 Å². The Labute approximate surface area is 112 Å². The molecule has 0 aromatic heterocycles. The standard InChI is InChI=1S/C15H19NO3/c1-10(12-6-7-12)14(17)16-9-8-11-2-4-13(5-3-11)15(18)19/h2-5,10,12H,6-9H2,1H3,(H,16,17)(H,18,19). The molecule has 0 aliphatic heterocycles. The molecular weight excluding hydrogens is 242 g/mol. The van der Waals surface area contributed by atoms with E-state index in [1.807, 2.05) is 6.92 Å². The predicted octanol–water partition coefficient (Wildman–Crippen LogP) is 2.09. The molecule has 1 aliphatic carbocycles. The van der Waals surface area contributed by atoms with Crippen LogP contribution in [-0.2, 0) is 11.2 Å². The molecule has 102 valence electrons. The van der Waals surface area contributed by atoms with Gasteiger partial charge in [0.2, 0.25) is 5.91 Å². The quantitative estimate of drug-likeness (QED) is 0.824. The molecule has 4 nitrogen and oxygen atoms in total. The average Bonchev–Trinajstić information content (AvgIpc) is 3.22. The van der Waals surface area contributed by atoms with Gasteiger partial charge in [-0.3, -0.25) is 4.79 Å². The number of carboxylic acid groups (broad SMARTS) is 1. The number of carboxylic acids is 1. The van der Waals surface area contributed by atoms with Crippen molar-refractivity contribution in [3.63, 3.8) is 0 Å². The molecule has 1 aliphatic rings. The van der Waals surface area contributed by atoms with Gasteiger partial charge in [0.25, 0.3) is 0 Å². The van der Waals surface area contributed by atoms with E-state index < -0.39 is 5.97 Å². The Balaban J connectivity index is 1.75. The number of carbonyl (C=O) groups is 2. The van der Waals surface area contributed by atoms with Gasteiger partial charge in [-0.2, -0.15) is 0 Å². The Kier molecular flexibility index (Phi) is 4.20. The summed E-state index contributed by atoms with van der Waals surface area (Å²) in [6.07, 6.45) is 3.07. The highest BCUT2D eigenvalue weighted by Crippen LogP contribution is 2.36. The topological polar surface area (TPSA) is 66.4 Å². The van der Waals surface area contributed by atoms with Gasteiger partial charge in [-0.1, -0.05) is 19.1 Å². The summed E-state index contributed by atoms with van der Waals surface area (Å²) in [5.74, 6) is -0.0907. The third-order valence-corrected chi connectivity index (χ3v) is 3.66. The number of hydrogen-bond acceptors (Lipinski definition) is 2. The van der Waals surface area contributed by atoms with Crippen molar-refractivity contribution in [2.24, 2.45) is 11.8 Å². The van der Waals surface area contributed by atoms with Gasteiger partial charge in [0.15, 0.2) is 0 Å². The molecule has 1 saturated carbocycles. The smallest absolute Gasteiger partial charge is 0.335 e. The van der Waals surface area contributed by atoms with E-state index in [-0.39, 0.29) is 17.4 Å². The number of benzene rings is 1. The summed E-state index contributed by atoms with van der Waals surface area (Å²) in [7, 11) is 0. The van der Waals surface area contributed by atoms with Crippen LogP contribution in [0.4, 0.5) is 0 Å². The number of carbonyl (C=O) groups excluding carboxylic acids is 1. The van der Waals surface area contributed by atoms with Crippen molar-refractivity contribution in [2.75, 3.05) is 6.54 Å². The Bertz CT molecular complexity index is 463. The van der Waals surface area contributed by atoms with Crippen molar-refractivity contribution >= 4 is 11.9 Å². The second kappa shape index (κ2) is 5.87. The monoisotopic (exact) mass is 261 g/mol. The van der Waals surface area contributed by atoms with E-state index in [1.54, 1.807) is 24.3 Å². The predicted molar refractivity (Wildman–Crippen MR) is 72.0 cm³/mol. The van der Waals surface area contributed by atoms with Crippen molar-refractivity contribution in [2.45, 2.75) is 26.2 Å². The third-order valence-electron chi connectivity index (χ3n) is 3.66. The first kappa shape index (κ1) is 13.6. The number of amides is 1. The summed E-state index contributed by atoms with van der Waals surface area (Å²) in [6.45, 7) is 2.58. The van der Waals surface area contributed by atoms with E-state index in [0.717, 1.165) is 12.0 Å². The fourth-order valence-corrected chi connectivity index (χ4v) is 2.12. The first-order valence-corrected chi connectivity index (χ1v) is 6.68. The van der Waals surface area contributed by atoms with E-state index in [4.69, 9.17) is 5.11 Å². The Morgan fingerprint density at radius 2 is 1.95 bits per heavy atom. The summed E-state index contributed by atoms with van der Waals surface area (Å²) in [5.41, 5.74) is 1.32. The molecular formula is C15H19NO3. The molecule has 0 radical (unpaired) electrons. The number of hydrogen-bond donors (Lipinski definition) is 2. The van der Waals surface area contributed by atoms with Crippen LogP contribution in [0.3, 0.4) is 0 Å². The van der Waals surface area contributed by atoms with Crippen LogP contribution in [0, 0.1) is 11.8 Å². The largest absolute Gasteiger partial charge is 0.478 e. The lowest BCUT2D eigenvalue weighted by Gasteiger charge is -2.11. The van der Waals surface area contributed by atoms with Crippen molar-refractivity contribution in [3.8, 4) is 0 Å². The van der Waals surface area contributed by atoms with Crippen LogP contribution in [0.1, 0.15) is 35.7 Å². The zero-order valence-corrected chi connectivity index (χ0v) is 11.1. The second-order valence-electron chi connectivity index (χ2n) is 5.17. The molecule has 1 unspecified atom stereocenters. The number of aromatic carboxylic acids is 1. The molecule has 19 heavy (non-hydrogen) atoms. The molecule has 4 heteroatoms. The molecule has 1 aromatic rings. The van der Waals surface area contributed by atoms with Crippen LogP contribution in [-0.4, -0.2) is 23.5 Å². The van der Waals surface area contributed by atoms with Gasteiger partial charge >= 0.3 is 5.97 Å². The van der Waals surface area contributed by atoms with Gasteiger partial charge < -0.3 is 10.4 Å².